The monoisotopic (exact) mass is 427 g/mol. The zero-order valence-electron chi connectivity index (χ0n) is 18.9. The predicted octanol–water partition coefficient (Wildman–Crippen LogP) is 4.58. The summed E-state index contributed by atoms with van der Waals surface area (Å²) in [5.41, 5.74) is 5.73. The fourth-order valence-corrected chi connectivity index (χ4v) is 3.46. The van der Waals surface area contributed by atoms with Gasteiger partial charge in [0.2, 0.25) is 5.88 Å². The normalized spacial score (nSPS) is 10.8. The molecule has 32 heavy (non-hydrogen) atoms. The van der Waals surface area contributed by atoms with Crippen LogP contribution in [0.15, 0.2) is 42.9 Å². The van der Waals surface area contributed by atoms with Crippen LogP contribution in [0.1, 0.15) is 43.6 Å². The van der Waals surface area contributed by atoms with Gasteiger partial charge < -0.3 is 9.47 Å². The van der Waals surface area contributed by atoms with Gasteiger partial charge in [-0.2, -0.15) is 5.10 Å². The molecule has 0 saturated heterocycles. The van der Waals surface area contributed by atoms with Crippen LogP contribution >= 0.6 is 0 Å². The molecule has 0 aliphatic rings. The summed E-state index contributed by atoms with van der Waals surface area (Å²) in [6, 6.07) is 7.83. The largest absolute Gasteiger partial charge is 0.495 e. The highest BCUT2D eigenvalue weighted by atomic mass is 16.5. The van der Waals surface area contributed by atoms with Crippen molar-refractivity contribution in [2.75, 3.05) is 13.7 Å². The number of hydrogen-bond acceptors (Lipinski definition) is 6. The lowest BCUT2D eigenvalue weighted by atomic mass is 10.1. The molecule has 0 N–H and O–H groups in total. The third-order valence-corrected chi connectivity index (χ3v) is 4.93. The minimum Gasteiger partial charge on any atom is -0.495 e. The zero-order valence-corrected chi connectivity index (χ0v) is 18.9. The molecule has 0 radical (unpaired) electrons. The quantitative estimate of drug-likeness (QED) is 0.434. The Morgan fingerprint density at radius 3 is 2.75 bits per heavy atom. The standard InChI is InChI=1S/C25H25N5O2/c1-6-32-25-21(8-7-11-27-25)22-13-19(10-9-18-12-20(31-5)15-26-14-18)24-23(28-22)17(4)29-30(24)16(2)3/h7-8,11-16H,6H2,1-5H3. The SMILES string of the molecule is CCOc1ncccc1-c1cc(C#Cc2cncc(OC)c2)c2c(n1)c(C)nn2C(C)C. The third kappa shape index (κ3) is 4.12. The second-order valence-electron chi connectivity index (χ2n) is 7.53. The molecule has 0 unspecified atom stereocenters. The molecule has 0 saturated carbocycles. The summed E-state index contributed by atoms with van der Waals surface area (Å²) in [4.78, 5) is 13.5. The van der Waals surface area contributed by atoms with E-state index in [0.29, 0.717) is 18.2 Å². The second-order valence-corrected chi connectivity index (χ2v) is 7.53. The van der Waals surface area contributed by atoms with Gasteiger partial charge in [0, 0.05) is 24.0 Å². The first-order chi connectivity index (χ1) is 15.5. The molecule has 0 fully saturated rings. The number of ether oxygens (including phenoxy) is 2. The van der Waals surface area contributed by atoms with Crippen molar-refractivity contribution < 1.29 is 9.47 Å². The van der Waals surface area contributed by atoms with Crippen LogP contribution in [0.4, 0.5) is 0 Å². The van der Waals surface area contributed by atoms with Crippen LogP contribution in [0.5, 0.6) is 11.6 Å². The maximum absolute atomic E-state index is 5.74. The Balaban J connectivity index is 1.95. The number of nitrogens with zero attached hydrogens (tertiary/aromatic N) is 5. The number of rotatable bonds is 5. The van der Waals surface area contributed by atoms with E-state index in [1.54, 1.807) is 25.7 Å². The van der Waals surface area contributed by atoms with Gasteiger partial charge in [0.15, 0.2) is 0 Å². The summed E-state index contributed by atoms with van der Waals surface area (Å²) in [5.74, 6) is 7.74. The predicted molar refractivity (Wildman–Crippen MR) is 124 cm³/mol. The molecular weight excluding hydrogens is 402 g/mol. The first kappa shape index (κ1) is 21.3. The van der Waals surface area contributed by atoms with Gasteiger partial charge in [0.25, 0.3) is 0 Å². The third-order valence-electron chi connectivity index (χ3n) is 4.93. The zero-order chi connectivity index (χ0) is 22.7. The Morgan fingerprint density at radius 1 is 1.16 bits per heavy atom. The molecule has 4 heterocycles. The number of fused-ring (bicyclic) bond motifs is 1. The van der Waals surface area contributed by atoms with E-state index in [4.69, 9.17) is 19.6 Å². The van der Waals surface area contributed by atoms with Crippen molar-refractivity contribution in [3.63, 3.8) is 0 Å². The van der Waals surface area contributed by atoms with E-state index in [9.17, 15) is 0 Å². The van der Waals surface area contributed by atoms with Gasteiger partial charge >= 0.3 is 0 Å². The van der Waals surface area contributed by atoms with Gasteiger partial charge in [0.05, 0.1) is 42.4 Å². The average Bonchev–Trinajstić information content (AvgIpc) is 3.15. The van der Waals surface area contributed by atoms with Crippen LogP contribution in [0.3, 0.4) is 0 Å². The molecule has 4 aromatic heterocycles. The van der Waals surface area contributed by atoms with Crippen molar-refractivity contribution in [2.24, 2.45) is 0 Å². The van der Waals surface area contributed by atoms with E-state index >= 15 is 0 Å². The number of aryl methyl sites for hydroxylation is 1. The average molecular weight is 428 g/mol. The van der Waals surface area contributed by atoms with Crippen LogP contribution in [-0.4, -0.2) is 38.4 Å². The Labute approximate surface area is 187 Å². The topological polar surface area (TPSA) is 75.0 Å². The molecule has 162 valence electrons. The fraction of sp³-hybridized carbons (Fsp3) is 0.280. The Bertz CT molecular complexity index is 1330. The van der Waals surface area contributed by atoms with Crippen molar-refractivity contribution in [2.45, 2.75) is 33.7 Å². The number of methoxy groups -OCH3 is 1. The van der Waals surface area contributed by atoms with E-state index in [0.717, 1.165) is 39.1 Å². The Morgan fingerprint density at radius 2 is 2.00 bits per heavy atom. The molecule has 0 atom stereocenters. The van der Waals surface area contributed by atoms with E-state index in [1.165, 1.54) is 0 Å². The van der Waals surface area contributed by atoms with Gasteiger partial charge in [0.1, 0.15) is 16.8 Å². The molecule has 7 heteroatoms. The molecule has 4 aromatic rings. The lowest BCUT2D eigenvalue weighted by Crippen LogP contribution is -2.04. The second kappa shape index (κ2) is 9.06. The molecular formula is C25H25N5O2. The maximum atomic E-state index is 5.74. The van der Waals surface area contributed by atoms with Gasteiger partial charge in [-0.15, -0.1) is 0 Å². The smallest absolute Gasteiger partial charge is 0.222 e. The van der Waals surface area contributed by atoms with Crippen molar-refractivity contribution >= 4 is 11.0 Å². The number of pyridine rings is 3. The fourth-order valence-electron chi connectivity index (χ4n) is 3.46. The van der Waals surface area contributed by atoms with Crippen LogP contribution in [-0.2, 0) is 0 Å². The minimum absolute atomic E-state index is 0.162. The lowest BCUT2D eigenvalue weighted by Gasteiger charge is -2.11. The van der Waals surface area contributed by atoms with Crippen molar-refractivity contribution in [3.05, 3.63) is 59.7 Å². The van der Waals surface area contributed by atoms with Crippen LogP contribution in [0.25, 0.3) is 22.3 Å². The molecule has 0 spiro atoms. The summed E-state index contributed by atoms with van der Waals surface area (Å²) < 4.78 is 13.0. The Kier molecular flexibility index (Phi) is 6.04. The van der Waals surface area contributed by atoms with Crippen LogP contribution < -0.4 is 9.47 Å². The lowest BCUT2D eigenvalue weighted by molar-refractivity contribution is 0.328. The summed E-state index contributed by atoms with van der Waals surface area (Å²) in [7, 11) is 1.61. The maximum Gasteiger partial charge on any atom is 0.222 e. The van der Waals surface area contributed by atoms with E-state index < -0.39 is 0 Å². The molecule has 0 aliphatic carbocycles. The van der Waals surface area contributed by atoms with Crippen molar-refractivity contribution in [1.29, 1.82) is 0 Å². The molecule has 7 nitrogen and oxygen atoms in total. The summed E-state index contributed by atoms with van der Waals surface area (Å²) in [6.07, 6.45) is 5.09. The molecule has 0 bridgehead atoms. The van der Waals surface area contributed by atoms with Crippen LogP contribution in [0.2, 0.25) is 0 Å². The van der Waals surface area contributed by atoms with E-state index in [1.807, 2.05) is 42.8 Å². The number of hydrogen-bond donors (Lipinski definition) is 0. The highest BCUT2D eigenvalue weighted by Crippen LogP contribution is 2.31. The summed E-state index contributed by atoms with van der Waals surface area (Å²) in [5, 5.41) is 4.73. The van der Waals surface area contributed by atoms with E-state index in [-0.39, 0.29) is 6.04 Å². The molecule has 0 aromatic carbocycles. The summed E-state index contributed by atoms with van der Waals surface area (Å²) >= 11 is 0. The van der Waals surface area contributed by atoms with Crippen LogP contribution in [0, 0.1) is 18.8 Å². The highest BCUT2D eigenvalue weighted by Gasteiger charge is 2.18. The van der Waals surface area contributed by atoms with Gasteiger partial charge in [-0.3, -0.25) is 9.67 Å². The minimum atomic E-state index is 0.162. The van der Waals surface area contributed by atoms with E-state index in [2.05, 4.69) is 35.7 Å². The molecule has 0 amide bonds. The highest BCUT2D eigenvalue weighted by molar-refractivity contribution is 5.87. The molecule has 4 rings (SSSR count). The summed E-state index contributed by atoms with van der Waals surface area (Å²) in [6.45, 7) is 8.61. The van der Waals surface area contributed by atoms with Crippen molar-refractivity contribution in [3.8, 4) is 34.7 Å². The Hall–Kier alpha value is -3.92. The van der Waals surface area contributed by atoms with Crippen molar-refractivity contribution in [1.82, 2.24) is 24.7 Å². The van der Waals surface area contributed by atoms with Gasteiger partial charge in [-0.05, 0) is 52.0 Å². The van der Waals surface area contributed by atoms with Gasteiger partial charge in [-0.1, -0.05) is 11.8 Å². The number of aromatic nitrogens is 5. The molecule has 0 aliphatic heterocycles. The first-order valence-corrected chi connectivity index (χ1v) is 10.5. The van der Waals surface area contributed by atoms with Gasteiger partial charge in [-0.25, -0.2) is 9.97 Å². The first-order valence-electron chi connectivity index (χ1n) is 10.5.